The molecule has 0 spiro atoms. The highest BCUT2D eigenvalue weighted by Gasteiger charge is 2.18. The summed E-state index contributed by atoms with van der Waals surface area (Å²) in [6.45, 7) is 5.03. The zero-order valence-corrected chi connectivity index (χ0v) is 6.27. The first-order valence-electron chi connectivity index (χ1n) is 3.20. The van der Waals surface area contributed by atoms with Crippen LogP contribution in [0.3, 0.4) is 0 Å². The van der Waals surface area contributed by atoms with E-state index in [9.17, 15) is 9.90 Å². The van der Waals surface area contributed by atoms with Gasteiger partial charge in [0.15, 0.2) is 0 Å². The maximum Gasteiger partial charge on any atom is 0.132 e. The Bertz CT molecular complexity index is 105. The molecule has 0 aliphatic heterocycles. The molecule has 0 rings (SSSR count). The Morgan fingerprint density at radius 2 is 2.11 bits per heavy atom. The molecule has 0 radical (unpaired) electrons. The second-order valence-corrected chi connectivity index (χ2v) is 2.73. The third-order valence-electron chi connectivity index (χ3n) is 1.39. The number of carbonyl (C=O) groups excluding carboxylic acids is 1. The van der Waals surface area contributed by atoms with Crippen molar-refractivity contribution in [3.63, 3.8) is 0 Å². The zero-order valence-electron chi connectivity index (χ0n) is 6.27. The Hall–Kier alpha value is -0.370. The van der Waals surface area contributed by atoms with E-state index in [1.807, 2.05) is 6.92 Å². The average molecular weight is 130 g/mol. The van der Waals surface area contributed by atoms with Crippen molar-refractivity contribution in [2.45, 2.75) is 39.2 Å². The SMILES string of the molecule is CC[C@@](C)(O)CC(C)=O. The summed E-state index contributed by atoms with van der Waals surface area (Å²) in [6, 6.07) is 0. The van der Waals surface area contributed by atoms with Gasteiger partial charge in [-0.1, -0.05) is 6.92 Å². The highest BCUT2D eigenvalue weighted by Crippen LogP contribution is 2.12. The summed E-state index contributed by atoms with van der Waals surface area (Å²) in [7, 11) is 0. The van der Waals surface area contributed by atoms with Gasteiger partial charge in [-0.15, -0.1) is 0 Å². The van der Waals surface area contributed by atoms with Crippen LogP contribution >= 0.6 is 0 Å². The number of rotatable bonds is 3. The third kappa shape index (κ3) is 4.15. The van der Waals surface area contributed by atoms with Gasteiger partial charge >= 0.3 is 0 Å². The maximum absolute atomic E-state index is 10.5. The molecule has 0 saturated heterocycles. The van der Waals surface area contributed by atoms with Crippen LogP contribution in [0, 0.1) is 0 Å². The standard InChI is InChI=1S/C7H14O2/c1-4-7(3,9)5-6(2)8/h9H,4-5H2,1-3H3/t7-/m1/s1. The summed E-state index contributed by atoms with van der Waals surface area (Å²) in [5, 5.41) is 9.27. The first-order valence-corrected chi connectivity index (χ1v) is 3.20. The Morgan fingerprint density at radius 3 is 2.22 bits per heavy atom. The molecule has 54 valence electrons. The molecular weight excluding hydrogens is 116 g/mol. The van der Waals surface area contributed by atoms with E-state index < -0.39 is 5.60 Å². The molecule has 0 aromatic carbocycles. The highest BCUT2D eigenvalue weighted by atomic mass is 16.3. The van der Waals surface area contributed by atoms with Gasteiger partial charge < -0.3 is 5.11 Å². The molecule has 0 aromatic rings. The number of hydrogen-bond donors (Lipinski definition) is 1. The topological polar surface area (TPSA) is 37.3 Å². The lowest BCUT2D eigenvalue weighted by atomic mass is 9.97. The molecule has 0 saturated carbocycles. The molecule has 0 aliphatic rings. The summed E-state index contributed by atoms with van der Waals surface area (Å²) in [5.74, 6) is 0.0434. The van der Waals surface area contributed by atoms with Gasteiger partial charge in [0.1, 0.15) is 5.78 Å². The van der Waals surface area contributed by atoms with E-state index in [4.69, 9.17) is 0 Å². The minimum Gasteiger partial charge on any atom is -0.390 e. The fraction of sp³-hybridized carbons (Fsp3) is 0.857. The molecule has 1 atom stereocenters. The van der Waals surface area contributed by atoms with E-state index in [-0.39, 0.29) is 12.2 Å². The van der Waals surface area contributed by atoms with Crippen molar-refractivity contribution >= 4 is 5.78 Å². The quantitative estimate of drug-likeness (QED) is 0.621. The van der Waals surface area contributed by atoms with Gasteiger partial charge in [-0.25, -0.2) is 0 Å². The lowest BCUT2D eigenvalue weighted by molar-refractivity contribution is -0.121. The first kappa shape index (κ1) is 8.63. The monoisotopic (exact) mass is 130 g/mol. The van der Waals surface area contributed by atoms with Crippen LogP contribution in [0.1, 0.15) is 33.6 Å². The molecule has 0 fully saturated rings. The number of aliphatic hydroxyl groups is 1. The van der Waals surface area contributed by atoms with Crippen molar-refractivity contribution in [1.29, 1.82) is 0 Å². The molecule has 0 bridgehead atoms. The van der Waals surface area contributed by atoms with E-state index in [0.29, 0.717) is 6.42 Å². The Balaban J connectivity index is 3.71. The maximum atomic E-state index is 10.5. The van der Waals surface area contributed by atoms with Crippen molar-refractivity contribution in [1.82, 2.24) is 0 Å². The number of Topliss-reactive ketones (excluding diaryl/α,β-unsaturated/α-hetero) is 1. The lowest BCUT2D eigenvalue weighted by Gasteiger charge is -2.18. The molecule has 1 N–H and O–H groups in total. The molecule has 0 heterocycles. The van der Waals surface area contributed by atoms with Crippen molar-refractivity contribution < 1.29 is 9.90 Å². The van der Waals surface area contributed by atoms with E-state index >= 15 is 0 Å². The second kappa shape index (κ2) is 2.97. The normalized spacial score (nSPS) is 16.9. The minimum atomic E-state index is -0.786. The van der Waals surface area contributed by atoms with Crippen molar-refractivity contribution in [3.05, 3.63) is 0 Å². The summed E-state index contributed by atoms with van der Waals surface area (Å²) < 4.78 is 0. The molecule has 0 unspecified atom stereocenters. The number of ketones is 1. The molecular formula is C7H14O2. The Kier molecular flexibility index (Phi) is 2.85. The molecule has 2 heteroatoms. The van der Waals surface area contributed by atoms with Gasteiger partial charge in [-0.05, 0) is 20.3 Å². The smallest absolute Gasteiger partial charge is 0.132 e. The summed E-state index contributed by atoms with van der Waals surface area (Å²) in [5.41, 5.74) is -0.786. The van der Waals surface area contributed by atoms with Crippen LogP contribution in [0.5, 0.6) is 0 Å². The fourth-order valence-corrected chi connectivity index (χ4v) is 0.661. The summed E-state index contributed by atoms with van der Waals surface area (Å²) >= 11 is 0. The third-order valence-corrected chi connectivity index (χ3v) is 1.39. The van der Waals surface area contributed by atoms with Crippen LogP contribution in [0.2, 0.25) is 0 Å². The van der Waals surface area contributed by atoms with Crippen LogP contribution in [0.4, 0.5) is 0 Å². The van der Waals surface area contributed by atoms with E-state index in [1.165, 1.54) is 6.92 Å². The molecule has 2 nitrogen and oxygen atoms in total. The molecule has 0 aromatic heterocycles. The van der Waals surface area contributed by atoms with E-state index in [2.05, 4.69) is 0 Å². The predicted octanol–water partition coefficient (Wildman–Crippen LogP) is 1.13. The summed E-state index contributed by atoms with van der Waals surface area (Å²) in [6.07, 6.45) is 0.899. The van der Waals surface area contributed by atoms with Gasteiger partial charge in [0.2, 0.25) is 0 Å². The number of hydrogen-bond acceptors (Lipinski definition) is 2. The van der Waals surface area contributed by atoms with Crippen molar-refractivity contribution in [3.8, 4) is 0 Å². The van der Waals surface area contributed by atoms with Gasteiger partial charge in [-0.3, -0.25) is 4.79 Å². The second-order valence-electron chi connectivity index (χ2n) is 2.73. The van der Waals surface area contributed by atoms with Crippen LogP contribution in [-0.4, -0.2) is 16.5 Å². The van der Waals surface area contributed by atoms with Crippen molar-refractivity contribution in [2.75, 3.05) is 0 Å². The van der Waals surface area contributed by atoms with Crippen LogP contribution in [0.25, 0.3) is 0 Å². The van der Waals surface area contributed by atoms with Gasteiger partial charge in [0.05, 0.1) is 5.60 Å². The molecule has 0 aliphatic carbocycles. The Morgan fingerprint density at radius 1 is 1.67 bits per heavy atom. The fourth-order valence-electron chi connectivity index (χ4n) is 0.661. The predicted molar refractivity (Wildman–Crippen MR) is 36.2 cm³/mol. The van der Waals surface area contributed by atoms with Crippen LogP contribution < -0.4 is 0 Å². The Labute approximate surface area is 55.9 Å². The summed E-state index contributed by atoms with van der Waals surface area (Å²) in [4.78, 5) is 10.5. The van der Waals surface area contributed by atoms with E-state index in [0.717, 1.165) is 0 Å². The van der Waals surface area contributed by atoms with Gasteiger partial charge in [-0.2, -0.15) is 0 Å². The molecule has 0 amide bonds. The van der Waals surface area contributed by atoms with E-state index in [1.54, 1.807) is 6.92 Å². The highest BCUT2D eigenvalue weighted by molar-refractivity contribution is 5.76. The average Bonchev–Trinajstić information content (AvgIpc) is 1.63. The van der Waals surface area contributed by atoms with Crippen LogP contribution in [-0.2, 0) is 4.79 Å². The molecule has 9 heavy (non-hydrogen) atoms. The van der Waals surface area contributed by atoms with Crippen molar-refractivity contribution in [2.24, 2.45) is 0 Å². The first-order chi connectivity index (χ1) is 3.98. The number of carbonyl (C=O) groups is 1. The lowest BCUT2D eigenvalue weighted by Crippen LogP contribution is -2.25. The largest absolute Gasteiger partial charge is 0.390 e. The van der Waals surface area contributed by atoms with Gasteiger partial charge in [0.25, 0.3) is 0 Å². The van der Waals surface area contributed by atoms with Gasteiger partial charge in [0, 0.05) is 6.42 Å². The minimum absolute atomic E-state index is 0.0434. The zero-order chi connectivity index (χ0) is 7.49. The van der Waals surface area contributed by atoms with Crippen LogP contribution in [0.15, 0.2) is 0 Å².